The molecule has 0 bridgehead atoms. The molecule has 0 aromatic carbocycles. The molecule has 0 aliphatic carbocycles. The number of hydrogen-bond donors (Lipinski definition) is 1. The van der Waals surface area contributed by atoms with E-state index in [2.05, 4.69) is 16.2 Å². The summed E-state index contributed by atoms with van der Waals surface area (Å²) in [6, 6.07) is 3.87. The number of pyridine rings is 1. The van der Waals surface area contributed by atoms with Crippen LogP contribution in [0.1, 0.15) is 21.7 Å². The molecule has 0 radical (unpaired) electrons. The van der Waals surface area contributed by atoms with Crippen LogP contribution in [-0.2, 0) is 0 Å². The van der Waals surface area contributed by atoms with Gasteiger partial charge in [0.2, 0.25) is 0 Å². The minimum atomic E-state index is -0.197. The number of fused-ring (bicyclic) bond motifs is 1. The highest BCUT2D eigenvalue weighted by Gasteiger charge is 2.15. The van der Waals surface area contributed by atoms with E-state index in [0.717, 1.165) is 11.2 Å². The smallest absolute Gasteiger partial charge is 0.270 e. The van der Waals surface area contributed by atoms with Gasteiger partial charge < -0.3 is 5.32 Å². The van der Waals surface area contributed by atoms with E-state index in [4.69, 9.17) is 6.42 Å². The van der Waals surface area contributed by atoms with Gasteiger partial charge in [-0.15, -0.1) is 6.42 Å². The summed E-state index contributed by atoms with van der Waals surface area (Å²) in [7, 11) is 0. The van der Waals surface area contributed by atoms with Crippen molar-refractivity contribution in [3.63, 3.8) is 0 Å². The first-order valence-corrected chi connectivity index (χ1v) is 5.30. The van der Waals surface area contributed by atoms with Crippen molar-refractivity contribution in [2.75, 3.05) is 6.54 Å². The van der Waals surface area contributed by atoms with E-state index in [-0.39, 0.29) is 12.5 Å². The number of nitrogens with one attached hydrogen (secondary N) is 1. The quantitative estimate of drug-likeness (QED) is 0.786. The summed E-state index contributed by atoms with van der Waals surface area (Å²) in [5.41, 5.74) is 3.12. The Balaban J connectivity index is 2.50. The van der Waals surface area contributed by atoms with Gasteiger partial charge in [0.1, 0.15) is 11.3 Å². The number of hydrogen-bond acceptors (Lipinski definition) is 2. The highest BCUT2D eigenvalue weighted by molar-refractivity contribution is 5.94. The number of amides is 1. The first-order valence-electron chi connectivity index (χ1n) is 5.30. The fourth-order valence-corrected chi connectivity index (χ4v) is 1.75. The third-order valence-electron chi connectivity index (χ3n) is 2.52. The normalized spacial score (nSPS) is 10.2. The Bertz CT molecular complexity index is 619. The molecule has 0 saturated carbocycles. The standard InChI is InChI=1S/C13H13N3O/c1-4-6-14-13(17)12-10(3)15-11-8-9(2)5-7-16(11)12/h1,5,7-8H,6H2,2-3H3,(H,14,17). The third-order valence-corrected chi connectivity index (χ3v) is 2.52. The Morgan fingerprint density at radius 2 is 2.35 bits per heavy atom. The van der Waals surface area contributed by atoms with Crippen molar-refractivity contribution in [1.82, 2.24) is 14.7 Å². The first-order chi connectivity index (χ1) is 8.13. The molecule has 0 unspecified atom stereocenters. The fraction of sp³-hybridized carbons (Fsp3) is 0.231. The topological polar surface area (TPSA) is 46.4 Å². The van der Waals surface area contributed by atoms with Gasteiger partial charge in [-0.2, -0.15) is 0 Å². The summed E-state index contributed by atoms with van der Waals surface area (Å²) in [5.74, 6) is 2.18. The number of carbonyl (C=O) groups excluding carboxylic acids is 1. The lowest BCUT2D eigenvalue weighted by Crippen LogP contribution is -2.25. The van der Waals surface area contributed by atoms with Crippen molar-refractivity contribution in [3.05, 3.63) is 35.3 Å². The zero-order valence-electron chi connectivity index (χ0n) is 9.82. The van der Waals surface area contributed by atoms with E-state index in [9.17, 15) is 4.79 Å². The summed E-state index contributed by atoms with van der Waals surface area (Å²) in [4.78, 5) is 16.3. The monoisotopic (exact) mass is 227 g/mol. The van der Waals surface area contributed by atoms with Crippen LogP contribution in [0.4, 0.5) is 0 Å². The van der Waals surface area contributed by atoms with Crippen molar-refractivity contribution >= 4 is 11.6 Å². The molecule has 0 aliphatic rings. The second-order valence-corrected chi connectivity index (χ2v) is 3.86. The van der Waals surface area contributed by atoms with Gasteiger partial charge in [-0.25, -0.2) is 4.98 Å². The summed E-state index contributed by atoms with van der Waals surface area (Å²) < 4.78 is 1.77. The van der Waals surface area contributed by atoms with Crippen molar-refractivity contribution in [2.45, 2.75) is 13.8 Å². The highest BCUT2D eigenvalue weighted by atomic mass is 16.1. The molecule has 2 aromatic heterocycles. The molecule has 2 aromatic rings. The van der Waals surface area contributed by atoms with Gasteiger partial charge in [0.05, 0.1) is 12.2 Å². The molecule has 0 atom stereocenters. The van der Waals surface area contributed by atoms with Crippen LogP contribution in [0.2, 0.25) is 0 Å². The van der Waals surface area contributed by atoms with Gasteiger partial charge >= 0.3 is 0 Å². The van der Waals surface area contributed by atoms with Crippen LogP contribution in [0.15, 0.2) is 18.3 Å². The zero-order valence-corrected chi connectivity index (χ0v) is 9.82. The minimum absolute atomic E-state index is 0.197. The van der Waals surface area contributed by atoms with E-state index in [1.807, 2.05) is 32.2 Å². The highest BCUT2D eigenvalue weighted by Crippen LogP contribution is 2.13. The predicted octanol–water partition coefficient (Wildman–Crippen LogP) is 1.31. The molecule has 86 valence electrons. The minimum Gasteiger partial charge on any atom is -0.340 e. The Kier molecular flexibility index (Phi) is 2.84. The van der Waals surface area contributed by atoms with Gasteiger partial charge in [-0.05, 0) is 31.5 Å². The molecule has 0 saturated heterocycles. The van der Waals surface area contributed by atoms with Crippen molar-refractivity contribution in [2.24, 2.45) is 0 Å². The van der Waals surface area contributed by atoms with Gasteiger partial charge in [0.25, 0.3) is 5.91 Å². The molecular formula is C13H13N3O. The molecule has 4 nitrogen and oxygen atoms in total. The SMILES string of the molecule is C#CCNC(=O)c1c(C)nc2cc(C)ccn12. The van der Waals surface area contributed by atoms with Crippen LogP contribution >= 0.6 is 0 Å². The van der Waals surface area contributed by atoms with Crippen LogP contribution in [0, 0.1) is 26.2 Å². The lowest BCUT2D eigenvalue weighted by molar-refractivity contribution is 0.0952. The Hall–Kier alpha value is -2.28. The van der Waals surface area contributed by atoms with Crippen molar-refractivity contribution in [3.8, 4) is 12.3 Å². The summed E-state index contributed by atoms with van der Waals surface area (Å²) in [6.45, 7) is 4.02. The van der Waals surface area contributed by atoms with Crippen LogP contribution in [0.3, 0.4) is 0 Å². The largest absolute Gasteiger partial charge is 0.340 e. The molecule has 0 aliphatic heterocycles. The summed E-state index contributed by atoms with van der Waals surface area (Å²) in [5, 5.41) is 2.65. The lowest BCUT2D eigenvalue weighted by Gasteiger charge is -2.03. The molecule has 17 heavy (non-hydrogen) atoms. The van der Waals surface area contributed by atoms with E-state index in [0.29, 0.717) is 11.4 Å². The van der Waals surface area contributed by atoms with Crippen LogP contribution in [0.5, 0.6) is 0 Å². The van der Waals surface area contributed by atoms with E-state index in [1.165, 1.54) is 0 Å². The molecule has 2 rings (SSSR count). The maximum atomic E-state index is 11.9. The number of terminal acetylenes is 1. The Morgan fingerprint density at radius 3 is 3.06 bits per heavy atom. The number of carbonyl (C=O) groups is 1. The molecule has 1 N–H and O–H groups in total. The van der Waals surface area contributed by atoms with Gasteiger partial charge in [0, 0.05) is 6.20 Å². The lowest BCUT2D eigenvalue weighted by atomic mass is 10.3. The zero-order chi connectivity index (χ0) is 12.4. The fourth-order valence-electron chi connectivity index (χ4n) is 1.75. The maximum absolute atomic E-state index is 11.9. The summed E-state index contributed by atoms with van der Waals surface area (Å²) >= 11 is 0. The molecule has 2 heterocycles. The van der Waals surface area contributed by atoms with Crippen molar-refractivity contribution < 1.29 is 4.79 Å². The average molecular weight is 227 g/mol. The van der Waals surface area contributed by atoms with Crippen LogP contribution in [-0.4, -0.2) is 21.8 Å². The third kappa shape index (κ3) is 2.00. The Morgan fingerprint density at radius 1 is 1.59 bits per heavy atom. The first kappa shape index (κ1) is 11.2. The van der Waals surface area contributed by atoms with Crippen LogP contribution in [0.25, 0.3) is 5.65 Å². The van der Waals surface area contributed by atoms with E-state index >= 15 is 0 Å². The van der Waals surface area contributed by atoms with E-state index in [1.54, 1.807) is 4.40 Å². The van der Waals surface area contributed by atoms with Crippen molar-refractivity contribution in [1.29, 1.82) is 0 Å². The number of aromatic nitrogens is 2. The molecular weight excluding hydrogens is 214 g/mol. The molecule has 0 spiro atoms. The number of rotatable bonds is 2. The number of aryl methyl sites for hydroxylation is 2. The van der Waals surface area contributed by atoms with Gasteiger partial charge in [0.15, 0.2) is 0 Å². The maximum Gasteiger partial charge on any atom is 0.270 e. The Labute approximate surface area is 99.7 Å². The van der Waals surface area contributed by atoms with E-state index < -0.39 is 0 Å². The second kappa shape index (κ2) is 4.30. The molecule has 4 heteroatoms. The van der Waals surface area contributed by atoms with Gasteiger partial charge in [-0.3, -0.25) is 9.20 Å². The number of imidazole rings is 1. The molecule has 0 fully saturated rings. The summed E-state index contributed by atoms with van der Waals surface area (Å²) in [6.07, 6.45) is 6.96. The number of nitrogens with zero attached hydrogens (tertiary/aromatic N) is 2. The van der Waals surface area contributed by atoms with Crippen LogP contribution < -0.4 is 5.32 Å². The predicted molar refractivity (Wildman–Crippen MR) is 65.8 cm³/mol. The average Bonchev–Trinajstić information content (AvgIpc) is 2.61. The molecule has 1 amide bonds. The van der Waals surface area contributed by atoms with Gasteiger partial charge in [-0.1, -0.05) is 5.92 Å². The second-order valence-electron chi connectivity index (χ2n) is 3.86.